The average Bonchev–Trinajstić information content (AvgIpc) is 2.58. The fraction of sp³-hybridized carbons (Fsp3) is 0.278. The number of rotatable bonds is 7. The molecule has 2 aromatic carbocycles. The lowest BCUT2D eigenvalue weighted by atomic mass is 10.1. The molecule has 6 nitrogen and oxygen atoms in total. The minimum absolute atomic E-state index is 0.242. The fourth-order valence-electron chi connectivity index (χ4n) is 2.54. The molecule has 0 saturated carbocycles. The molecule has 0 atom stereocenters. The van der Waals surface area contributed by atoms with E-state index in [1.807, 2.05) is 6.92 Å². The summed E-state index contributed by atoms with van der Waals surface area (Å²) in [4.78, 5) is 12.7. The van der Waals surface area contributed by atoms with Crippen molar-refractivity contribution in [3.8, 4) is 5.75 Å². The van der Waals surface area contributed by atoms with Gasteiger partial charge >= 0.3 is 0 Å². The van der Waals surface area contributed by atoms with Gasteiger partial charge in [-0.25, -0.2) is 8.42 Å². The van der Waals surface area contributed by atoms with Gasteiger partial charge in [0.2, 0.25) is 0 Å². The van der Waals surface area contributed by atoms with Crippen LogP contribution in [0, 0.1) is 0 Å². The normalized spacial score (nSPS) is 11.2. The van der Waals surface area contributed by atoms with Gasteiger partial charge in [-0.3, -0.25) is 0 Å². The Morgan fingerprint density at radius 3 is 2.46 bits per heavy atom. The third-order valence-corrected chi connectivity index (χ3v) is 5.19. The molecule has 140 valence electrons. The van der Waals surface area contributed by atoms with Crippen LogP contribution in [0.5, 0.6) is 5.75 Å². The van der Waals surface area contributed by atoms with Crippen LogP contribution < -0.4 is 14.7 Å². The first-order valence-corrected chi connectivity index (χ1v) is 10.1. The summed E-state index contributed by atoms with van der Waals surface area (Å²) in [6.07, 6.45) is 1.77. The number of hydrogen-bond donors (Lipinski definition) is 0. The highest BCUT2D eigenvalue weighted by molar-refractivity contribution is 7.90. The number of aryl methyl sites for hydroxylation is 1. The first-order valence-electron chi connectivity index (χ1n) is 7.82. The second kappa shape index (κ2) is 7.97. The number of carbonyl (C=O) groups excluding carboxylic acids is 1. The van der Waals surface area contributed by atoms with Crippen molar-refractivity contribution in [1.29, 1.82) is 0 Å². The smallest absolute Gasteiger partial charge is 0.175 e. The van der Waals surface area contributed by atoms with Crippen molar-refractivity contribution in [2.24, 2.45) is 0 Å². The molecule has 0 bridgehead atoms. The molecular weight excluding hydrogens is 378 g/mol. The molecule has 0 N–H and O–H groups in total. The van der Waals surface area contributed by atoms with Crippen molar-refractivity contribution in [3.05, 3.63) is 47.0 Å². The van der Waals surface area contributed by atoms with E-state index >= 15 is 0 Å². The Morgan fingerprint density at radius 1 is 1.19 bits per heavy atom. The SMILES string of the molecule is CCc1cc(S(C)(=O)=O)ccc1N(C)c1cc(Cl)ccc1OCC(=O)[O-]. The third-order valence-electron chi connectivity index (χ3n) is 3.85. The van der Waals surface area contributed by atoms with Crippen molar-refractivity contribution in [1.82, 2.24) is 0 Å². The van der Waals surface area contributed by atoms with E-state index in [9.17, 15) is 18.3 Å². The number of carboxylic acid groups (broad SMARTS) is 1. The number of benzene rings is 2. The summed E-state index contributed by atoms with van der Waals surface area (Å²) in [5, 5.41) is 11.1. The number of hydrogen-bond acceptors (Lipinski definition) is 6. The highest BCUT2D eigenvalue weighted by Gasteiger charge is 2.17. The lowest BCUT2D eigenvalue weighted by Crippen LogP contribution is -2.29. The summed E-state index contributed by atoms with van der Waals surface area (Å²) in [5.41, 5.74) is 2.14. The zero-order chi connectivity index (χ0) is 19.5. The lowest BCUT2D eigenvalue weighted by molar-refractivity contribution is -0.307. The predicted octanol–water partition coefficient (Wildman–Crippen LogP) is 2.20. The molecule has 0 amide bonds. The fourth-order valence-corrected chi connectivity index (χ4v) is 3.38. The van der Waals surface area contributed by atoms with Gasteiger partial charge in [0.1, 0.15) is 12.4 Å². The minimum atomic E-state index is -3.31. The van der Waals surface area contributed by atoms with Gasteiger partial charge in [0, 0.05) is 24.0 Å². The summed E-state index contributed by atoms with van der Waals surface area (Å²) >= 11 is 6.08. The number of aliphatic carboxylic acids is 1. The van der Waals surface area contributed by atoms with Crippen molar-refractivity contribution in [2.75, 3.05) is 24.8 Å². The van der Waals surface area contributed by atoms with Crippen LogP contribution in [-0.2, 0) is 21.1 Å². The van der Waals surface area contributed by atoms with Crippen LogP contribution in [0.1, 0.15) is 12.5 Å². The Labute approximate surface area is 157 Å². The monoisotopic (exact) mass is 396 g/mol. The first kappa shape index (κ1) is 20.1. The van der Waals surface area contributed by atoms with Crippen molar-refractivity contribution < 1.29 is 23.1 Å². The van der Waals surface area contributed by atoms with Crippen molar-refractivity contribution >= 4 is 38.8 Å². The number of anilines is 2. The van der Waals surface area contributed by atoms with Crippen LogP contribution in [0.15, 0.2) is 41.3 Å². The molecule has 0 aliphatic rings. The molecule has 0 spiro atoms. The van der Waals surface area contributed by atoms with Gasteiger partial charge in [-0.2, -0.15) is 0 Å². The van der Waals surface area contributed by atoms with Crippen molar-refractivity contribution in [3.63, 3.8) is 0 Å². The quantitative estimate of drug-likeness (QED) is 0.713. The molecule has 0 unspecified atom stereocenters. The summed E-state index contributed by atoms with van der Waals surface area (Å²) in [6, 6.07) is 9.69. The number of ether oxygens (including phenoxy) is 1. The van der Waals surface area contributed by atoms with Gasteiger partial charge < -0.3 is 19.5 Å². The highest BCUT2D eigenvalue weighted by atomic mass is 35.5. The van der Waals surface area contributed by atoms with E-state index in [4.69, 9.17) is 16.3 Å². The molecule has 0 fully saturated rings. The third kappa shape index (κ3) is 4.68. The van der Waals surface area contributed by atoms with E-state index in [1.54, 1.807) is 42.3 Å². The van der Waals surface area contributed by atoms with Crippen molar-refractivity contribution in [2.45, 2.75) is 18.2 Å². The Kier molecular flexibility index (Phi) is 6.15. The molecule has 0 heterocycles. The Bertz CT molecular complexity index is 927. The Morgan fingerprint density at radius 2 is 1.88 bits per heavy atom. The predicted molar refractivity (Wildman–Crippen MR) is 98.9 cm³/mol. The topological polar surface area (TPSA) is 86.7 Å². The summed E-state index contributed by atoms with van der Waals surface area (Å²) in [7, 11) is -1.54. The van der Waals surface area contributed by atoms with Gasteiger partial charge in [0.15, 0.2) is 9.84 Å². The standard InChI is InChI=1S/C18H20ClNO5S/c1-4-12-9-14(26(3,23)24)6-7-15(12)20(2)16-10-13(19)5-8-17(16)25-11-18(21)22/h5-10H,4,11H2,1-3H3,(H,21,22)/p-1. The van der Waals surface area contributed by atoms with E-state index in [2.05, 4.69) is 0 Å². The molecule has 0 saturated heterocycles. The maximum atomic E-state index is 11.8. The molecule has 0 radical (unpaired) electrons. The maximum absolute atomic E-state index is 11.8. The summed E-state index contributed by atoms with van der Waals surface area (Å²) < 4.78 is 28.9. The van der Waals surface area contributed by atoms with E-state index in [-0.39, 0.29) is 4.90 Å². The molecule has 26 heavy (non-hydrogen) atoms. The lowest BCUT2D eigenvalue weighted by Gasteiger charge is -2.25. The minimum Gasteiger partial charge on any atom is -0.546 e. The largest absolute Gasteiger partial charge is 0.546 e. The molecule has 0 aromatic heterocycles. The zero-order valence-electron chi connectivity index (χ0n) is 14.7. The number of sulfone groups is 1. The average molecular weight is 397 g/mol. The maximum Gasteiger partial charge on any atom is 0.175 e. The van der Waals surface area contributed by atoms with Gasteiger partial charge in [-0.1, -0.05) is 18.5 Å². The number of halogens is 1. The Hall–Kier alpha value is -2.25. The van der Waals surface area contributed by atoms with Crippen LogP contribution in [-0.4, -0.2) is 34.3 Å². The zero-order valence-corrected chi connectivity index (χ0v) is 16.2. The van der Waals surface area contributed by atoms with Gasteiger partial charge in [-0.15, -0.1) is 0 Å². The van der Waals surface area contributed by atoms with Crippen LogP contribution in [0.3, 0.4) is 0 Å². The van der Waals surface area contributed by atoms with E-state index in [0.29, 0.717) is 22.9 Å². The number of carbonyl (C=O) groups is 1. The second-order valence-corrected chi connectivity index (χ2v) is 8.20. The molecule has 8 heteroatoms. The van der Waals surface area contributed by atoms with E-state index in [1.165, 1.54) is 6.07 Å². The molecule has 0 aliphatic carbocycles. The first-order chi connectivity index (χ1) is 12.1. The van der Waals surface area contributed by atoms with Crippen LogP contribution >= 0.6 is 11.6 Å². The molecular formula is C18H19ClNO5S-. The number of nitrogens with zero attached hydrogens (tertiary/aromatic N) is 1. The highest BCUT2D eigenvalue weighted by Crippen LogP contribution is 2.37. The van der Waals surface area contributed by atoms with Gasteiger partial charge in [0.25, 0.3) is 0 Å². The van der Waals surface area contributed by atoms with E-state index < -0.39 is 22.4 Å². The molecule has 0 aliphatic heterocycles. The molecule has 2 rings (SSSR count). The van der Waals surface area contributed by atoms with Gasteiger partial charge in [0.05, 0.1) is 16.6 Å². The van der Waals surface area contributed by atoms with Crippen LogP contribution in [0.4, 0.5) is 11.4 Å². The Balaban J connectivity index is 2.50. The second-order valence-electron chi connectivity index (χ2n) is 5.75. The van der Waals surface area contributed by atoms with E-state index in [0.717, 1.165) is 17.5 Å². The van der Waals surface area contributed by atoms with Crippen LogP contribution in [0.2, 0.25) is 5.02 Å². The van der Waals surface area contributed by atoms with Crippen LogP contribution in [0.25, 0.3) is 0 Å². The summed E-state index contributed by atoms with van der Waals surface area (Å²) in [6.45, 7) is 1.33. The molecule has 2 aromatic rings. The number of carboxylic acids is 1. The summed E-state index contributed by atoms with van der Waals surface area (Å²) in [5.74, 6) is -1.00. The van der Waals surface area contributed by atoms with Gasteiger partial charge in [-0.05, 0) is 48.4 Å².